The fourth-order valence-corrected chi connectivity index (χ4v) is 4.20. The largest absolute Gasteiger partial charge is 0.437 e. The molecule has 3 heterocycles. The van der Waals surface area contributed by atoms with E-state index in [-0.39, 0.29) is 0 Å². The maximum Gasteiger partial charge on any atom is 0.223 e. The fraction of sp³-hybridized carbons (Fsp3) is 0.450. The van der Waals surface area contributed by atoms with Gasteiger partial charge >= 0.3 is 0 Å². The van der Waals surface area contributed by atoms with Crippen molar-refractivity contribution in [3.05, 3.63) is 39.5 Å². The minimum Gasteiger partial charge on any atom is -0.437 e. The molecule has 1 saturated carbocycles. The number of pyridine rings is 1. The second-order valence-corrected chi connectivity index (χ2v) is 8.80. The third-order valence-electron chi connectivity index (χ3n) is 5.31. The first-order chi connectivity index (χ1) is 14.2. The maximum absolute atomic E-state index is 6.20. The van der Waals surface area contributed by atoms with E-state index in [1.807, 2.05) is 22.9 Å². The van der Waals surface area contributed by atoms with Gasteiger partial charge in [-0.2, -0.15) is 0 Å². The number of hydrogen-bond acceptors (Lipinski definition) is 6. The first-order valence-corrected chi connectivity index (χ1v) is 11.0. The second-order valence-electron chi connectivity index (χ2n) is 7.57. The van der Waals surface area contributed by atoms with Gasteiger partial charge in [0.25, 0.3) is 0 Å². The highest BCUT2D eigenvalue weighted by atomic mass is 79.9. The predicted octanol–water partition coefficient (Wildman–Crippen LogP) is 4.28. The molecule has 9 heteroatoms. The summed E-state index contributed by atoms with van der Waals surface area (Å²) in [5.74, 6) is 1.94. The molecule has 152 valence electrons. The number of benzene rings is 1. The Morgan fingerprint density at radius 3 is 2.86 bits per heavy atom. The second kappa shape index (κ2) is 8.18. The highest BCUT2D eigenvalue weighted by molar-refractivity contribution is 9.10. The number of aromatic nitrogens is 4. The van der Waals surface area contributed by atoms with Crippen LogP contribution in [0.25, 0.3) is 11.0 Å². The Morgan fingerprint density at radius 2 is 2.07 bits per heavy atom. The third-order valence-corrected chi connectivity index (χ3v) is 6.29. The van der Waals surface area contributed by atoms with Crippen molar-refractivity contribution in [1.29, 1.82) is 0 Å². The summed E-state index contributed by atoms with van der Waals surface area (Å²) in [5.41, 5.74) is 2.75. The molecule has 1 aliphatic heterocycles. The first-order valence-electron chi connectivity index (χ1n) is 9.81. The quantitative estimate of drug-likeness (QED) is 0.527. The van der Waals surface area contributed by atoms with E-state index in [1.54, 1.807) is 6.20 Å². The molecule has 29 heavy (non-hydrogen) atoms. The minimum atomic E-state index is 0.548. The SMILES string of the molecule is Clc1cnc(Oc2ccc3c(nnn3CC3CC3)c2Br)c(CN2CCOCC2)c1. The fourth-order valence-electron chi connectivity index (χ4n) is 3.52. The molecule has 2 aliphatic rings. The zero-order valence-electron chi connectivity index (χ0n) is 15.9. The molecular formula is C20H21BrClN5O2. The summed E-state index contributed by atoms with van der Waals surface area (Å²) in [6.07, 6.45) is 4.16. The average Bonchev–Trinajstić information content (AvgIpc) is 3.45. The van der Waals surface area contributed by atoms with Gasteiger partial charge in [0.15, 0.2) is 0 Å². The van der Waals surface area contributed by atoms with Crippen molar-refractivity contribution < 1.29 is 9.47 Å². The lowest BCUT2D eigenvalue weighted by molar-refractivity contribution is 0.0338. The van der Waals surface area contributed by atoms with Gasteiger partial charge in [0.1, 0.15) is 11.3 Å². The molecule has 0 atom stereocenters. The molecule has 0 N–H and O–H groups in total. The molecule has 0 amide bonds. The van der Waals surface area contributed by atoms with Crippen LogP contribution in [0.2, 0.25) is 5.02 Å². The van der Waals surface area contributed by atoms with Crippen LogP contribution in [0.1, 0.15) is 18.4 Å². The van der Waals surface area contributed by atoms with Crippen LogP contribution in [-0.2, 0) is 17.8 Å². The van der Waals surface area contributed by atoms with Crippen LogP contribution in [0.3, 0.4) is 0 Å². The van der Waals surface area contributed by atoms with Crippen molar-refractivity contribution in [2.45, 2.75) is 25.9 Å². The number of morpholine rings is 1. The summed E-state index contributed by atoms with van der Waals surface area (Å²) in [5, 5.41) is 9.27. The third kappa shape index (κ3) is 4.26. The van der Waals surface area contributed by atoms with Crippen LogP contribution >= 0.6 is 27.5 Å². The predicted molar refractivity (Wildman–Crippen MR) is 113 cm³/mol. The Bertz CT molecular complexity index is 1030. The van der Waals surface area contributed by atoms with E-state index >= 15 is 0 Å². The standard InChI is InChI=1S/C20H21BrClN5O2/c21-18-17(4-3-16-19(18)24-25-27(16)11-13-1-2-13)29-20-14(9-15(22)10-23-20)12-26-5-7-28-8-6-26/h3-4,9-10,13H,1-2,5-8,11-12H2. The number of rotatable bonds is 6. The molecule has 0 spiro atoms. The molecule has 5 rings (SSSR count). The van der Waals surface area contributed by atoms with Gasteiger partial charge in [0.2, 0.25) is 5.88 Å². The number of ether oxygens (including phenoxy) is 2. The molecule has 2 aromatic heterocycles. The van der Waals surface area contributed by atoms with Crippen LogP contribution in [0.5, 0.6) is 11.6 Å². The topological polar surface area (TPSA) is 65.3 Å². The maximum atomic E-state index is 6.20. The van der Waals surface area contributed by atoms with Gasteiger partial charge in [-0.3, -0.25) is 4.90 Å². The molecule has 1 aromatic carbocycles. The molecular weight excluding hydrogens is 458 g/mol. The number of halogens is 2. The van der Waals surface area contributed by atoms with E-state index in [1.165, 1.54) is 12.8 Å². The van der Waals surface area contributed by atoms with E-state index in [9.17, 15) is 0 Å². The molecule has 0 unspecified atom stereocenters. The summed E-state index contributed by atoms with van der Waals surface area (Å²) >= 11 is 9.86. The van der Waals surface area contributed by atoms with Crippen molar-refractivity contribution in [1.82, 2.24) is 24.9 Å². The van der Waals surface area contributed by atoms with E-state index < -0.39 is 0 Å². The average molecular weight is 479 g/mol. The Labute approximate surface area is 182 Å². The van der Waals surface area contributed by atoms with Crippen molar-refractivity contribution in [2.75, 3.05) is 26.3 Å². The van der Waals surface area contributed by atoms with E-state index in [0.717, 1.165) is 59.8 Å². The molecule has 7 nitrogen and oxygen atoms in total. The van der Waals surface area contributed by atoms with Gasteiger partial charge < -0.3 is 9.47 Å². The van der Waals surface area contributed by atoms with Gasteiger partial charge in [-0.1, -0.05) is 16.8 Å². The molecule has 1 saturated heterocycles. The number of hydrogen-bond donors (Lipinski definition) is 0. The summed E-state index contributed by atoms with van der Waals surface area (Å²) in [6.45, 7) is 4.87. The Hall–Kier alpha value is -1.74. The summed E-state index contributed by atoms with van der Waals surface area (Å²) in [6, 6.07) is 5.86. The number of fused-ring (bicyclic) bond motifs is 1. The highest BCUT2D eigenvalue weighted by Crippen LogP contribution is 2.37. The lowest BCUT2D eigenvalue weighted by Gasteiger charge is -2.27. The van der Waals surface area contributed by atoms with Gasteiger partial charge in [0, 0.05) is 37.9 Å². The first kappa shape index (κ1) is 19.2. The zero-order valence-corrected chi connectivity index (χ0v) is 18.2. The van der Waals surface area contributed by atoms with Gasteiger partial charge in [-0.05, 0) is 52.9 Å². The van der Waals surface area contributed by atoms with Crippen molar-refractivity contribution in [2.24, 2.45) is 5.92 Å². The van der Waals surface area contributed by atoms with Gasteiger partial charge in [0.05, 0.1) is 28.2 Å². The summed E-state index contributed by atoms with van der Waals surface area (Å²) in [7, 11) is 0. The smallest absolute Gasteiger partial charge is 0.223 e. The molecule has 2 fully saturated rings. The van der Waals surface area contributed by atoms with Crippen molar-refractivity contribution in [3.8, 4) is 11.6 Å². The number of nitrogens with zero attached hydrogens (tertiary/aromatic N) is 5. The van der Waals surface area contributed by atoms with Crippen LogP contribution in [0.15, 0.2) is 28.9 Å². The van der Waals surface area contributed by atoms with E-state index in [2.05, 4.69) is 36.1 Å². The highest BCUT2D eigenvalue weighted by Gasteiger charge is 2.24. The van der Waals surface area contributed by atoms with E-state index in [4.69, 9.17) is 21.1 Å². The van der Waals surface area contributed by atoms with Crippen LogP contribution in [-0.4, -0.2) is 51.2 Å². The summed E-state index contributed by atoms with van der Waals surface area (Å²) < 4.78 is 14.4. The summed E-state index contributed by atoms with van der Waals surface area (Å²) in [4.78, 5) is 6.75. The normalized spacial score (nSPS) is 17.7. The Kier molecular flexibility index (Phi) is 5.43. The van der Waals surface area contributed by atoms with Crippen molar-refractivity contribution in [3.63, 3.8) is 0 Å². The molecule has 0 bridgehead atoms. The molecule has 3 aromatic rings. The lowest BCUT2D eigenvalue weighted by Crippen LogP contribution is -2.35. The molecule has 0 radical (unpaired) electrons. The van der Waals surface area contributed by atoms with Crippen LogP contribution in [0.4, 0.5) is 0 Å². The monoisotopic (exact) mass is 477 g/mol. The van der Waals surface area contributed by atoms with Gasteiger partial charge in [-0.15, -0.1) is 5.10 Å². The van der Waals surface area contributed by atoms with Crippen LogP contribution < -0.4 is 4.74 Å². The lowest BCUT2D eigenvalue weighted by atomic mass is 10.2. The zero-order chi connectivity index (χ0) is 19.8. The van der Waals surface area contributed by atoms with Gasteiger partial charge in [-0.25, -0.2) is 9.67 Å². The van der Waals surface area contributed by atoms with Crippen molar-refractivity contribution >= 4 is 38.6 Å². The van der Waals surface area contributed by atoms with E-state index in [0.29, 0.717) is 23.2 Å². The molecule has 1 aliphatic carbocycles. The minimum absolute atomic E-state index is 0.548. The Morgan fingerprint density at radius 1 is 1.24 bits per heavy atom. The Balaban J connectivity index is 1.42. The van der Waals surface area contributed by atoms with Crippen LogP contribution in [0, 0.1) is 5.92 Å².